The predicted octanol–water partition coefficient (Wildman–Crippen LogP) is 4.02. The number of hydrogen-bond donors (Lipinski definition) is 4. The lowest BCUT2D eigenvalue weighted by Gasteiger charge is -2.21. The van der Waals surface area contributed by atoms with Crippen LogP contribution in [0.5, 0.6) is 0 Å². The summed E-state index contributed by atoms with van der Waals surface area (Å²) in [7, 11) is -2.89. The Labute approximate surface area is 170 Å². The van der Waals surface area contributed by atoms with Crippen molar-refractivity contribution >= 4 is 61.0 Å². The van der Waals surface area contributed by atoms with Gasteiger partial charge in [-0.25, -0.2) is 17.8 Å². The maximum atomic E-state index is 15.3. The van der Waals surface area contributed by atoms with Crippen LogP contribution in [0.4, 0.5) is 25.9 Å². The van der Waals surface area contributed by atoms with Crippen LogP contribution in [0, 0.1) is 6.92 Å². The molecule has 3 aromatic rings. The molecule has 0 aliphatic heterocycles. The van der Waals surface area contributed by atoms with E-state index in [4.69, 9.17) is 0 Å². The van der Waals surface area contributed by atoms with Crippen LogP contribution in [0.3, 0.4) is 0 Å². The highest BCUT2D eigenvalue weighted by atomic mass is 32.2. The molecule has 0 radical (unpaired) electrons. The third kappa shape index (κ3) is 4.66. The van der Waals surface area contributed by atoms with E-state index in [1.807, 2.05) is 12.3 Å². The fourth-order valence-electron chi connectivity index (χ4n) is 2.37. The molecule has 0 saturated carbocycles. The van der Waals surface area contributed by atoms with Crippen molar-refractivity contribution in [1.29, 1.82) is 0 Å². The first-order chi connectivity index (χ1) is 13.3. The molecule has 1 unspecified atom stereocenters. The SMILES string of the molecule is Cc1csc(Nc2cccc(C(C)(F)C(=O)Nc3ccsc3N[SH](=O)=O)c2)n1. The lowest BCUT2D eigenvalue weighted by Crippen LogP contribution is -2.33. The Bertz CT molecular complexity index is 1070. The minimum Gasteiger partial charge on any atom is -0.332 e. The van der Waals surface area contributed by atoms with Crippen molar-refractivity contribution in [2.24, 2.45) is 0 Å². The molecule has 2 aromatic heterocycles. The van der Waals surface area contributed by atoms with Crippen LogP contribution in [0.1, 0.15) is 18.2 Å². The van der Waals surface area contributed by atoms with Gasteiger partial charge in [-0.05, 0) is 37.4 Å². The molecule has 0 saturated heterocycles. The molecule has 1 amide bonds. The average Bonchev–Trinajstić information content (AvgIpc) is 3.23. The summed E-state index contributed by atoms with van der Waals surface area (Å²) in [4.78, 5) is 16.8. The fourth-order valence-corrected chi connectivity index (χ4v) is 4.39. The Morgan fingerprint density at radius 2 is 2.04 bits per heavy atom. The predicted molar refractivity (Wildman–Crippen MR) is 112 cm³/mol. The summed E-state index contributed by atoms with van der Waals surface area (Å²) < 4.78 is 39.2. The second-order valence-corrected chi connectivity index (χ2v) is 8.50. The van der Waals surface area contributed by atoms with Crippen molar-refractivity contribution < 1.29 is 17.6 Å². The normalized spacial score (nSPS) is 13.1. The number of aromatic nitrogens is 1. The summed E-state index contributed by atoms with van der Waals surface area (Å²) >= 11 is 2.51. The first kappa shape index (κ1) is 20.2. The van der Waals surface area contributed by atoms with Gasteiger partial charge in [0.15, 0.2) is 5.13 Å². The van der Waals surface area contributed by atoms with Crippen LogP contribution >= 0.6 is 22.7 Å². The van der Waals surface area contributed by atoms with Crippen molar-refractivity contribution in [3.63, 3.8) is 0 Å². The number of thiazole rings is 1. The smallest absolute Gasteiger partial charge is 0.266 e. The Morgan fingerprint density at radius 3 is 2.71 bits per heavy atom. The van der Waals surface area contributed by atoms with Gasteiger partial charge in [0.25, 0.3) is 5.91 Å². The summed E-state index contributed by atoms with van der Waals surface area (Å²) in [5.74, 6) is -0.905. The molecule has 0 aliphatic carbocycles. The molecule has 0 spiro atoms. The molecule has 1 atom stereocenters. The maximum Gasteiger partial charge on any atom is 0.266 e. The highest BCUT2D eigenvalue weighted by Gasteiger charge is 2.36. The van der Waals surface area contributed by atoms with Crippen molar-refractivity contribution in [3.8, 4) is 0 Å². The van der Waals surface area contributed by atoms with E-state index in [0.717, 1.165) is 24.0 Å². The van der Waals surface area contributed by atoms with E-state index >= 15 is 4.39 Å². The largest absolute Gasteiger partial charge is 0.332 e. The van der Waals surface area contributed by atoms with Gasteiger partial charge in [0.1, 0.15) is 5.00 Å². The number of hydrogen-bond acceptors (Lipinski definition) is 7. The van der Waals surface area contributed by atoms with Crippen molar-refractivity contribution in [3.05, 3.63) is 52.3 Å². The van der Waals surface area contributed by atoms with E-state index < -0.39 is 22.5 Å². The molecule has 148 valence electrons. The van der Waals surface area contributed by atoms with Gasteiger partial charge in [-0.2, -0.15) is 0 Å². The molecular weight excluding hydrogens is 423 g/mol. The zero-order valence-corrected chi connectivity index (χ0v) is 17.4. The van der Waals surface area contributed by atoms with Crippen LogP contribution < -0.4 is 15.4 Å². The molecule has 7 nitrogen and oxygen atoms in total. The minimum absolute atomic E-state index is 0.155. The Balaban J connectivity index is 1.79. The standard InChI is InChI=1S/C17H17FN4O3S3/c1-10-9-27-16(19-10)20-12-5-3-4-11(8-12)17(2,18)15(23)21-13-6-7-26-14(13)22-28(24)25/h3-9,28H,1-2H3,(H,19,20)(H,21,23)(H,22,24,25). The summed E-state index contributed by atoms with van der Waals surface area (Å²) in [6.07, 6.45) is 0. The van der Waals surface area contributed by atoms with Gasteiger partial charge in [0.05, 0.1) is 11.4 Å². The number of thiophene rings is 1. The van der Waals surface area contributed by atoms with E-state index in [-0.39, 0.29) is 16.3 Å². The molecule has 0 bridgehead atoms. The Hall–Kier alpha value is -2.50. The number of nitrogens with one attached hydrogen (secondary N) is 3. The number of carbonyl (C=O) groups excluding carboxylic acids is 1. The Morgan fingerprint density at radius 1 is 1.25 bits per heavy atom. The number of aryl methyl sites for hydroxylation is 1. The second kappa shape index (κ2) is 8.25. The molecule has 28 heavy (non-hydrogen) atoms. The molecule has 0 fully saturated rings. The van der Waals surface area contributed by atoms with Crippen LogP contribution in [0.2, 0.25) is 0 Å². The highest BCUT2D eigenvalue weighted by molar-refractivity contribution is 7.74. The molecular formula is C17H17FN4O3S3. The van der Waals surface area contributed by atoms with Gasteiger partial charge in [-0.3, -0.25) is 9.52 Å². The molecule has 3 N–H and O–H groups in total. The third-order valence-corrected chi connectivity index (χ3v) is 6.07. The number of carbonyl (C=O) groups is 1. The number of amides is 1. The number of halogens is 1. The van der Waals surface area contributed by atoms with E-state index in [1.54, 1.807) is 17.5 Å². The first-order valence-corrected chi connectivity index (χ1v) is 11.0. The minimum atomic E-state index is -2.89. The zero-order chi connectivity index (χ0) is 20.3. The van der Waals surface area contributed by atoms with E-state index in [1.165, 1.54) is 29.5 Å². The van der Waals surface area contributed by atoms with Gasteiger partial charge in [0, 0.05) is 16.6 Å². The molecule has 2 heterocycles. The lowest BCUT2D eigenvalue weighted by molar-refractivity contribution is -0.126. The van der Waals surface area contributed by atoms with Crippen molar-refractivity contribution in [2.75, 3.05) is 15.4 Å². The average molecular weight is 441 g/mol. The van der Waals surface area contributed by atoms with Gasteiger partial charge in [-0.1, -0.05) is 12.1 Å². The zero-order valence-electron chi connectivity index (χ0n) is 14.9. The lowest BCUT2D eigenvalue weighted by atomic mass is 9.96. The monoisotopic (exact) mass is 440 g/mol. The second-order valence-electron chi connectivity index (χ2n) is 5.99. The van der Waals surface area contributed by atoms with Crippen LogP contribution in [-0.4, -0.2) is 19.3 Å². The van der Waals surface area contributed by atoms with Crippen molar-refractivity contribution in [1.82, 2.24) is 4.98 Å². The molecule has 3 rings (SSSR count). The summed E-state index contributed by atoms with van der Waals surface area (Å²) in [5.41, 5.74) is -0.508. The van der Waals surface area contributed by atoms with Gasteiger partial charge < -0.3 is 10.6 Å². The van der Waals surface area contributed by atoms with Crippen LogP contribution in [-0.2, 0) is 21.4 Å². The first-order valence-electron chi connectivity index (χ1n) is 8.04. The van der Waals surface area contributed by atoms with Gasteiger partial charge >= 0.3 is 0 Å². The third-order valence-electron chi connectivity index (χ3n) is 3.81. The summed E-state index contributed by atoms with van der Waals surface area (Å²) in [5, 5.41) is 9.89. The fraction of sp³-hybridized carbons (Fsp3) is 0.176. The van der Waals surface area contributed by atoms with Gasteiger partial charge in [-0.15, -0.1) is 22.7 Å². The summed E-state index contributed by atoms with van der Waals surface area (Å²) in [6, 6.07) is 7.95. The molecule has 1 aromatic carbocycles. The van der Waals surface area contributed by atoms with Crippen LogP contribution in [0.25, 0.3) is 0 Å². The maximum absolute atomic E-state index is 15.3. The van der Waals surface area contributed by atoms with E-state index in [0.29, 0.717) is 10.8 Å². The number of nitrogens with zero attached hydrogens (tertiary/aromatic N) is 1. The van der Waals surface area contributed by atoms with Crippen LogP contribution in [0.15, 0.2) is 41.1 Å². The van der Waals surface area contributed by atoms with E-state index in [2.05, 4.69) is 20.3 Å². The number of rotatable bonds is 7. The van der Waals surface area contributed by atoms with Gasteiger partial charge in [0.2, 0.25) is 16.6 Å². The number of thiol groups is 1. The topological polar surface area (TPSA) is 100 Å². The number of benzene rings is 1. The summed E-state index contributed by atoms with van der Waals surface area (Å²) in [6.45, 7) is 3.03. The highest BCUT2D eigenvalue weighted by Crippen LogP contribution is 2.33. The van der Waals surface area contributed by atoms with E-state index in [9.17, 15) is 13.2 Å². The molecule has 11 heteroatoms. The Kier molecular flexibility index (Phi) is 5.96. The number of alkyl halides is 1. The van der Waals surface area contributed by atoms with Crippen molar-refractivity contribution in [2.45, 2.75) is 19.5 Å². The number of anilines is 4. The molecule has 0 aliphatic rings. The quantitative estimate of drug-likeness (QED) is 0.416.